The quantitative estimate of drug-likeness (QED) is 0.597. The molecule has 25 heavy (non-hydrogen) atoms. The first-order chi connectivity index (χ1) is 12.0. The van der Waals surface area contributed by atoms with Crippen molar-refractivity contribution in [2.75, 3.05) is 7.11 Å². The number of carbonyl (C=O) groups excluding carboxylic acids is 1. The van der Waals surface area contributed by atoms with Crippen LogP contribution in [0.15, 0.2) is 60.2 Å². The smallest absolute Gasteiger partial charge is 0.343 e. The fourth-order valence-electron chi connectivity index (χ4n) is 2.48. The molecule has 1 heterocycles. The normalized spacial score (nSPS) is 15.3. The van der Waals surface area contributed by atoms with E-state index >= 15 is 0 Å². The number of benzene rings is 2. The summed E-state index contributed by atoms with van der Waals surface area (Å²) in [6.45, 7) is 3.96. The van der Waals surface area contributed by atoms with Gasteiger partial charge in [-0.05, 0) is 68.0 Å². The van der Waals surface area contributed by atoms with Crippen molar-refractivity contribution in [2.45, 2.75) is 20.0 Å². The van der Waals surface area contributed by atoms with E-state index in [1.54, 1.807) is 19.3 Å². The van der Waals surface area contributed by atoms with Gasteiger partial charge in [0.15, 0.2) is 0 Å². The van der Waals surface area contributed by atoms with Crippen molar-refractivity contribution in [3.8, 4) is 11.5 Å². The number of methoxy groups -OCH3 is 1. The largest absolute Gasteiger partial charge is 0.497 e. The molecule has 128 valence electrons. The molecule has 2 aromatic carbocycles. The van der Waals surface area contributed by atoms with Gasteiger partial charge in [-0.25, -0.2) is 4.79 Å². The minimum Gasteiger partial charge on any atom is -0.497 e. The average molecular weight is 336 g/mol. The molecule has 0 radical (unpaired) electrons. The van der Waals surface area contributed by atoms with Crippen LogP contribution in [0, 0.1) is 0 Å². The predicted octanol–water partition coefficient (Wildman–Crippen LogP) is 4.46. The maximum Gasteiger partial charge on any atom is 0.343 e. The van der Waals surface area contributed by atoms with Crippen LogP contribution < -0.4 is 9.47 Å². The van der Waals surface area contributed by atoms with Crippen molar-refractivity contribution in [1.29, 1.82) is 0 Å². The molecule has 0 N–H and O–H groups in total. The van der Waals surface area contributed by atoms with Gasteiger partial charge in [0.1, 0.15) is 17.3 Å². The van der Waals surface area contributed by atoms with E-state index in [4.69, 9.17) is 14.2 Å². The second kappa shape index (κ2) is 7.26. The zero-order valence-electron chi connectivity index (χ0n) is 14.5. The van der Waals surface area contributed by atoms with Crippen molar-refractivity contribution >= 4 is 17.8 Å². The Bertz CT molecular complexity index is 812. The summed E-state index contributed by atoms with van der Waals surface area (Å²) in [6.07, 6.45) is 3.68. The Morgan fingerprint density at radius 2 is 1.60 bits per heavy atom. The van der Waals surface area contributed by atoms with E-state index in [1.807, 2.05) is 62.4 Å². The molecule has 0 saturated heterocycles. The second-order valence-electron chi connectivity index (χ2n) is 5.96. The lowest BCUT2D eigenvalue weighted by Crippen LogP contribution is -2.05. The number of hydrogen-bond donors (Lipinski definition) is 0. The van der Waals surface area contributed by atoms with Crippen molar-refractivity contribution < 1.29 is 19.0 Å². The Morgan fingerprint density at radius 1 is 0.960 bits per heavy atom. The third-order valence-electron chi connectivity index (χ3n) is 3.67. The summed E-state index contributed by atoms with van der Waals surface area (Å²) >= 11 is 0. The highest BCUT2D eigenvalue weighted by Crippen LogP contribution is 2.28. The van der Waals surface area contributed by atoms with Gasteiger partial charge in [0.05, 0.1) is 18.8 Å². The third-order valence-corrected chi connectivity index (χ3v) is 3.67. The lowest BCUT2D eigenvalue weighted by Gasteiger charge is -2.09. The van der Waals surface area contributed by atoms with Gasteiger partial charge < -0.3 is 14.2 Å². The Balaban J connectivity index is 1.80. The average Bonchev–Trinajstić information content (AvgIpc) is 2.97. The summed E-state index contributed by atoms with van der Waals surface area (Å²) in [5.41, 5.74) is 2.26. The van der Waals surface area contributed by atoms with Crippen molar-refractivity contribution in [2.24, 2.45) is 0 Å². The second-order valence-corrected chi connectivity index (χ2v) is 5.96. The van der Waals surface area contributed by atoms with Crippen LogP contribution in [0.3, 0.4) is 0 Å². The Hall–Kier alpha value is -3.01. The van der Waals surface area contributed by atoms with E-state index in [-0.39, 0.29) is 12.1 Å². The van der Waals surface area contributed by atoms with Crippen LogP contribution >= 0.6 is 0 Å². The van der Waals surface area contributed by atoms with Gasteiger partial charge in [-0.1, -0.05) is 12.1 Å². The van der Waals surface area contributed by atoms with Crippen LogP contribution in [0.1, 0.15) is 25.0 Å². The van der Waals surface area contributed by atoms with E-state index in [0.29, 0.717) is 11.3 Å². The molecule has 0 unspecified atom stereocenters. The van der Waals surface area contributed by atoms with Gasteiger partial charge in [-0.3, -0.25) is 0 Å². The summed E-state index contributed by atoms with van der Waals surface area (Å²) in [5, 5.41) is 0. The maximum atomic E-state index is 12.1. The Kier molecular flexibility index (Phi) is 4.89. The Labute approximate surface area is 147 Å². The van der Waals surface area contributed by atoms with Crippen LogP contribution in [-0.2, 0) is 9.53 Å². The van der Waals surface area contributed by atoms with Gasteiger partial charge >= 0.3 is 5.97 Å². The molecule has 1 aliphatic rings. The van der Waals surface area contributed by atoms with Crippen LogP contribution in [0.25, 0.3) is 11.8 Å². The summed E-state index contributed by atoms with van der Waals surface area (Å²) in [6, 6.07) is 15.0. The Morgan fingerprint density at radius 3 is 2.20 bits per heavy atom. The number of hydrogen-bond acceptors (Lipinski definition) is 4. The molecule has 0 aromatic heterocycles. The molecular weight excluding hydrogens is 316 g/mol. The predicted molar refractivity (Wildman–Crippen MR) is 97.2 cm³/mol. The lowest BCUT2D eigenvalue weighted by molar-refractivity contribution is -0.130. The molecule has 4 heteroatoms. The fourth-order valence-corrected chi connectivity index (χ4v) is 2.48. The molecule has 2 aromatic rings. The van der Waals surface area contributed by atoms with Crippen LogP contribution in [0.5, 0.6) is 11.5 Å². The molecule has 0 saturated carbocycles. The first-order valence-electron chi connectivity index (χ1n) is 8.12. The van der Waals surface area contributed by atoms with E-state index in [0.717, 1.165) is 22.6 Å². The highest BCUT2D eigenvalue weighted by atomic mass is 16.5. The number of ether oxygens (including phenoxy) is 3. The van der Waals surface area contributed by atoms with E-state index < -0.39 is 0 Å². The number of rotatable bonds is 5. The van der Waals surface area contributed by atoms with Crippen molar-refractivity contribution in [3.05, 3.63) is 71.3 Å². The third kappa shape index (κ3) is 4.10. The molecule has 0 amide bonds. The van der Waals surface area contributed by atoms with Gasteiger partial charge in [-0.2, -0.15) is 0 Å². The van der Waals surface area contributed by atoms with Gasteiger partial charge in [0.25, 0.3) is 0 Å². The fraction of sp³-hybridized carbons (Fsp3) is 0.190. The number of esters is 1. The summed E-state index contributed by atoms with van der Waals surface area (Å²) in [7, 11) is 1.61. The highest BCUT2D eigenvalue weighted by molar-refractivity contribution is 6.05. The van der Waals surface area contributed by atoms with E-state index in [9.17, 15) is 4.79 Å². The van der Waals surface area contributed by atoms with Gasteiger partial charge in [-0.15, -0.1) is 0 Å². The first kappa shape index (κ1) is 16.8. The molecule has 0 aliphatic carbocycles. The van der Waals surface area contributed by atoms with Crippen LogP contribution in [0.4, 0.5) is 0 Å². The molecule has 3 rings (SSSR count). The zero-order valence-corrected chi connectivity index (χ0v) is 14.5. The summed E-state index contributed by atoms with van der Waals surface area (Å²) in [4.78, 5) is 12.1. The van der Waals surface area contributed by atoms with Crippen molar-refractivity contribution in [1.82, 2.24) is 0 Å². The number of cyclic esters (lactones) is 1. The zero-order chi connectivity index (χ0) is 17.8. The van der Waals surface area contributed by atoms with Crippen LogP contribution in [-0.4, -0.2) is 19.2 Å². The molecule has 1 aliphatic heterocycles. The molecule has 0 atom stereocenters. The summed E-state index contributed by atoms with van der Waals surface area (Å²) < 4.78 is 16.1. The molecule has 0 spiro atoms. The molecular formula is C21H20O4. The van der Waals surface area contributed by atoms with Crippen LogP contribution in [0.2, 0.25) is 0 Å². The summed E-state index contributed by atoms with van der Waals surface area (Å²) in [5.74, 6) is 1.75. The topological polar surface area (TPSA) is 44.8 Å². The molecule has 4 nitrogen and oxygen atoms in total. The standard InChI is InChI=1S/C21H20O4/c1-14(2)24-19-8-4-15(5-9-19)12-17-13-20(25-21(17)22)16-6-10-18(23-3)11-7-16/h4-14H,1-3H3/b17-12+. The lowest BCUT2D eigenvalue weighted by atomic mass is 10.1. The minimum atomic E-state index is -0.353. The molecule has 0 fully saturated rings. The van der Waals surface area contributed by atoms with Gasteiger partial charge in [0, 0.05) is 5.56 Å². The number of carbonyl (C=O) groups is 1. The van der Waals surface area contributed by atoms with E-state index in [2.05, 4.69) is 0 Å². The first-order valence-corrected chi connectivity index (χ1v) is 8.12. The monoisotopic (exact) mass is 336 g/mol. The van der Waals surface area contributed by atoms with E-state index in [1.165, 1.54) is 0 Å². The molecule has 0 bridgehead atoms. The highest BCUT2D eigenvalue weighted by Gasteiger charge is 2.21. The maximum absolute atomic E-state index is 12.1. The van der Waals surface area contributed by atoms with Gasteiger partial charge in [0.2, 0.25) is 0 Å². The van der Waals surface area contributed by atoms with Crippen molar-refractivity contribution in [3.63, 3.8) is 0 Å². The SMILES string of the molecule is COc1ccc(C2=C/C(=C\c3ccc(OC(C)C)cc3)C(=O)O2)cc1. The minimum absolute atomic E-state index is 0.129.